The molecule has 1 rings (SSSR count). The lowest BCUT2D eigenvalue weighted by Crippen LogP contribution is -2.02. The number of benzene rings is 1. The molecule has 0 atom stereocenters. The maximum atomic E-state index is 13.3. The van der Waals surface area contributed by atoms with Gasteiger partial charge >= 0.3 is 5.51 Å². The van der Waals surface area contributed by atoms with Gasteiger partial charge in [0.1, 0.15) is 5.75 Å². The fraction of sp³-hybridized carbons (Fsp3) is 0.333. The van der Waals surface area contributed by atoms with Crippen molar-refractivity contribution in [2.75, 3.05) is 14.2 Å². The summed E-state index contributed by atoms with van der Waals surface area (Å²) in [7, 11) is 2.34. The summed E-state index contributed by atoms with van der Waals surface area (Å²) in [6.45, 7) is 0. The Hall–Kier alpha value is -1.11. The van der Waals surface area contributed by atoms with Gasteiger partial charge in [-0.25, -0.2) is 4.39 Å². The van der Waals surface area contributed by atoms with Crippen molar-refractivity contribution in [1.29, 1.82) is 0 Å². The molecule has 7 heteroatoms. The van der Waals surface area contributed by atoms with Crippen LogP contribution in [-0.2, 0) is 0 Å². The molecule has 0 amide bonds. The summed E-state index contributed by atoms with van der Waals surface area (Å²) in [5.74, 6) is -1.33. The van der Waals surface area contributed by atoms with E-state index in [2.05, 4.69) is 9.47 Å². The van der Waals surface area contributed by atoms with E-state index in [4.69, 9.17) is 0 Å². The summed E-state index contributed by atoms with van der Waals surface area (Å²) in [4.78, 5) is -0.369. The Bertz CT molecular complexity index is 379. The Kier molecular flexibility index (Phi) is 3.90. The molecule has 0 N–H and O–H groups in total. The second kappa shape index (κ2) is 4.82. The van der Waals surface area contributed by atoms with Gasteiger partial charge in [-0.1, -0.05) is 0 Å². The third kappa shape index (κ3) is 3.19. The standard InChI is InChI=1S/C9H8F4O2S/c1-14-5-3-6(10)8(15-2)7(4-5)16-9(11,12)13/h3-4H,1-2H3. The predicted octanol–water partition coefficient (Wildman–Crippen LogP) is 3.45. The van der Waals surface area contributed by atoms with Crippen molar-refractivity contribution in [3.63, 3.8) is 0 Å². The zero-order valence-electron chi connectivity index (χ0n) is 8.39. The Balaban J connectivity index is 3.18. The summed E-state index contributed by atoms with van der Waals surface area (Å²) in [6.07, 6.45) is 0. The largest absolute Gasteiger partial charge is 0.497 e. The van der Waals surface area contributed by atoms with Crippen LogP contribution in [0.25, 0.3) is 0 Å². The lowest BCUT2D eigenvalue weighted by atomic mass is 10.3. The van der Waals surface area contributed by atoms with Crippen molar-refractivity contribution in [2.24, 2.45) is 0 Å². The predicted molar refractivity (Wildman–Crippen MR) is 51.4 cm³/mol. The van der Waals surface area contributed by atoms with Crippen molar-refractivity contribution in [3.8, 4) is 11.5 Å². The summed E-state index contributed by atoms with van der Waals surface area (Å²) >= 11 is -0.449. The highest BCUT2D eigenvalue weighted by Crippen LogP contribution is 2.43. The van der Waals surface area contributed by atoms with Crippen LogP contribution in [0.4, 0.5) is 17.6 Å². The van der Waals surface area contributed by atoms with Crippen LogP contribution in [0.15, 0.2) is 17.0 Å². The summed E-state index contributed by atoms with van der Waals surface area (Å²) < 4.78 is 59.0. The van der Waals surface area contributed by atoms with Crippen LogP contribution in [0.5, 0.6) is 11.5 Å². The minimum absolute atomic E-state index is 0.00468. The van der Waals surface area contributed by atoms with Crippen LogP contribution in [0.3, 0.4) is 0 Å². The number of alkyl halides is 3. The van der Waals surface area contributed by atoms with Gasteiger partial charge in [0, 0.05) is 6.07 Å². The van der Waals surface area contributed by atoms with Gasteiger partial charge in [0.05, 0.1) is 19.1 Å². The van der Waals surface area contributed by atoms with Gasteiger partial charge in [-0.3, -0.25) is 0 Å². The number of hydrogen-bond donors (Lipinski definition) is 0. The van der Waals surface area contributed by atoms with E-state index in [1.807, 2.05) is 0 Å². The molecule has 1 aromatic rings. The molecular formula is C9H8F4O2S. The number of hydrogen-bond acceptors (Lipinski definition) is 3. The van der Waals surface area contributed by atoms with E-state index in [1.54, 1.807) is 0 Å². The van der Waals surface area contributed by atoms with Crippen LogP contribution >= 0.6 is 11.8 Å². The molecule has 0 fully saturated rings. The van der Waals surface area contributed by atoms with E-state index in [1.165, 1.54) is 7.11 Å². The Morgan fingerprint density at radius 1 is 1.12 bits per heavy atom. The van der Waals surface area contributed by atoms with Crippen LogP contribution in [0.2, 0.25) is 0 Å². The van der Waals surface area contributed by atoms with Crippen molar-refractivity contribution in [1.82, 2.24) is 0 Å². The monoisotopic (exact) mass is 256 g/mol. The second-order valence-corrected chi connectivity index (χ2v) is 3.80. The van der Waals surface area contributed by atoms with Crippen molar-refractivity contribution < 1.29 is 27.0 Å². The molecule has 2 nitrogen and oxygen atoms in total. The Labute approximate surface area is 93.5 Å². The van der Waals surface area contributed by atoms with E-state index in [9.17, 15) is 17.6 Å². The lowest BCUT2D eigenvalue weighted by molar-refractivity contribution is -0.0329. The lowest BCUT2D eigenvalue weighted by Gasteiger charge is -2.12. The first-order valence-electron chi connectivity index (χ1n) is 4.04. The highest BCUT2D eigenvalue weighted by Gasteiger charge is 2.32. The number of thioether (sulfide) groups is 1. The van der Waals surface area contributed by atoms with Gasteiger partial charge in [-0.05, 0) is 17.8 Å². The molecule has 0 heterocycles. The first-order valence-corrected chi connectivity index (χ1v) is 4.86. The molecule has 0 bridgehead atoms. The number of methoxy groups -OCH3 is 2. The van der Waals surface area contributed by atoms with E-state index in [0.717, 1.165) is 19.2 Å². The molecule has 16 heavy (non-hydrogen) atoms. The maximum absolute atomic E-state index is 13.3. The number of halogens is 4. The molecule has 0 aromatic heterocycles. The normalized spacial score (nSPS) is 11.4. The minimum atomic E-state index is -4.51. The average molecular weight is 256 g/mol. The smallest absolute Gasteiger partial charge is 0.446 e. The Morgan fingerprint density at radius 3 is 2.19 bits per heavy atom. The second-order valence-electron chi connectivity index (χ2n) is 2.69. The summed E-state index contributed by atoms with van der Waals surface area (Å²) in [6, 6.07) is 2.03. The van der Waals surface area contributed by atoms with Crippen molar-refractivity contribution >= 4 is 11.8 Å². The maximum Gasteiger partial charge on any atom is 0.446 e. The first-order chi connectivity index (χ1) is 7.37. The molecular weight excluding hydrogens is 248 g/mol. The zero-order chi connectivity index (χ0) is 12.3. The molecule has 0 radical (unpaired) electrons. The fourth-order valence-corrected chi connectivity index (χ4v) is 1.76. The highest BCUT2D eigenvalue weighted by atomic mass is 32.2. The van der Waals surface area contributed by atoms with E-state index >= 15 is 0 Å². The van der Waals surface area contributed by atoms with E-state index < -0.39 is 28.8 Å². The summed E-state index contributed by atoms with van der Waals surface area (Å²) in [5, 5.41) is 0. The third-order valence-corrected chi connectivity index (χ3v) is 2.40. The minimum Gasteiger partial charge on any atom is -0.497 e. The molecule has 0 aliphatic heterocycles. The SMILES string of the molecule is COc1cc(F)c(OC)c(SC(F)(F)F)c1. The Morgan fingerprint density at radius 2 is 1.75 bits per heavy atom. The van der Waals surface area contributed by atoms with Crippen LogP contribution < -0.4 is 9.47 Å². The molecule has 0 aliphatic rings. The van der Waals surface area contributed by atoms with E-state index in [0.29, 0.717) is 0 Å². The topological polar surface area (TPSA) is 18.5 Å². The van der Waals surface area contributed by atoms with Crippen LogP contribution in [0.1, 0.15) is 0 Å². The first kappa shape index (κ1) is 13.0. The molecule has 0 spiro atoms. The van der Waals surface area contributed by atoms with Crippen LogP contribution in [0, 0.1) is 5.82 Å². The van der Waals surface area contributed by atoms with Crippen molar-refractivity contribution in [3.05, 3.63) is 17.9 Å². The quantitative estimate of drug-likeness (QED) is 0.609. The van der Waals surface area contributed by atoms with Gasteiger partial charge in [-0.2, -0.15) is 13.2 Å². The number of ether oxygens (including phenoxy) is 2. The highest BCUT2D eigenvalue weighted by molar-refractivity contribution is 8.00. The fourth-order valence-electron chi connectivity index (χ4n) is 1.06. The van der Waals surface area contributed by atoms with Gasteiger partial charge in [0.25, 0.3) is 0 Å². The van der Waals surface area contributed by atoms with Crippen LogP contribution in [-0.4, -0.2) is 19.7 Å². The molecule has 90 valence electrons. The van der Waals surface area contributed by atoms with Gasteiger partial charge in [0.15, 0.2) is 11.6 Å². The molecule has 0 saturated heterocycles. The molecule has 0 unspecified atom stereocenters. The molecule has 0 aliphatic carbocycles. The third-order valence-electron chi connectivity index (χ3n) is 1.65. The van der Waals surface area contributed by atoms with Gasteiger partial charge in [-0.15, -0.1) is 0 Å². The molecule has 1 aromatic carbocycles. The van der Waals surface area contributed by atoms with Gasteiger partial charge in [0.2, 0.25) is 0 Å². The average Bonchev–Trinajstić information content (AvgIpc) is 2.14. The number of rotatable bonds is 3. The summed E-state index contributed by atoms with van der Waals surface area (Å²) in [5.41, 5.74) is -4.51. The molecule has 0 saturated carbocycles. The van der Waals surface area contributed by atoms with Gasteiger partial charge < -0.3 is 9.47 Å². The van der Waals surface area contributed by atoms with E-state index in [-0.39, 0.29) is 10.6 Å². The zero-order valence-corrected chi connectivity index (χ0v) is 9.21. The van der Waals surface area contributed by atoms with Crippen molar-refractivity contribution in [2.45, 2.75) is 10.4 Å².